The second kappa shape index (κ2) is 5.95. The summed E-state index contributed by atoms with van der Waals surface area (Å²) in [4.78, 5) is 4.81. The second-order valence-corrected chi connectivity index (χ2v) is 5.94. The highest BCUT2D eigenvalue weighted by Crippen LogP contribution is 2.47. The maximum Gasteiger partial charge on any atom is 0.204 e. The average Bonchev–Trinajstić information content (AvgIpc) is 2.82. The van der Waals surface area contributed by atoms with E-state index in [0.29, 0.717) is 23.8 Å². The highest BCUT2D eigenvalue weighted by atomic mass is 16.5. The first kappa shape index (κ1) is 15.4. The van der Waals surface area contributed by atoms with Crippen LogP contribution in [-0.4, -0.2) is 25.5 Å². The van der Waals surface area contributed by atoms with Crippen molar-refractivity contribution in [2.24, 2.45) is 4.99 Å². The van der Waals surface area contributed by atoms with Gasteiger partial charge in [0.25, 0.3) is 0 Å². The molecule has 0 atom stereocenters. The zero-order valence-corrected chi connectivity index (χ0v) is 13.9. The molecule has 0 amide bonds. The fourth-order valence-corrected chi connectivity index (χ4v) is 2.84. The van der Waals surface area contributed by atoms with Crippen LogP contribution in [-0.2, 0) is 6.54 Å². The molecule has 1 aliphatic heterocycles. The molecule has 4 nitrogen and oxygen atoms in total. The summed E-state index contributed by atoms with van der Waals surface area (Å²) in [6.07, 6.45) is 0. The lowest BCUT2D eigenvalue weighted by Crippen LogP contribution is -2.33. The molecule has 0 spiro atoms. The summed E-state index contributed by atoms with van der Waals surface area (Å²) in [5, 5.41) is 0. The monoisotopic (exact) mass is 311 g/mol. The topological polar surface area (TPSA) is 40.0 Å². The Labute approximate surface area is 136 Å². The molecule has 2 aromatic carbocycles. The normalized spacial score (nSPS) is 16.8. The average molecular weight is 311 g/mol. The van der Waals surface area contributed by atoms with Crippen LogP contribution < -0.4 is 14.2 Å². The molecule has 0 saturated heterocycles. The zero-order chi connectivity index (χ0) is 16.4. The van der Waals surface area contributed by atoms with Gasteiger partial charge in [-0.1, -0.05) is 30.3 Å². The molecule has 1 heterocycles. The predicted octanol–water partition coefficient (Wildman–Crippen LogP) is 3.86. The molecule has 0 aromatic heterocycles. The third kappa shape index (κ3) is 2.77. The van der Waals surface area contributed by atoms with E-state index in [4.69, 9.17) is 19.2 Å². The van der Waals surface area contributed by atoms with Gasteiger partial charge in [-0.15, -0.1) is 0 Å². The number of aliphatic imine (C=N–C) groups is 1. The minimum Gasteiger partial charge on any atom is -0.493 e. The smallest absolute Gasteiger partial charge is 0.204 e. The Morgan fingerprint density at radius 3 is 2.39 bits per heavy atom. The van der Waals surface area contributed by atoms with Crippen molar-refractivity contribution in [1.29, 1.82) is 0 Å². The van der Waals surface area contributed by atoms with Crippen LogP contribution in [0.1, 0.15) is 25.0 Å². The Morgan fingerprint density at radius 2 is 1.74 bits per heavy atom. The van der Waals surface area contributed by atoms with E-state index < -0.39 is 5.60 Å². The van der Waals surface area contributed by atoms with Crippen molar-refractivity contribution in [3.05, 3.63) is 53.6 Å². The number of ether oxygens (including phenoxy) is 3. The zero-order valence-electron chi connectivity index (χ0n) is 13.9. The third-order valence-electron chi connectivity index (χ3n) is 3.95. The molecule has 0 aliphatic carbocycles. The molecule has 0 N–H and O–H groups in total. The van der Waals surface area contributed by atoms with E-state index in [9.17, 15) is 0 Å². The first-order valence-electron chi connectivity index (χ1n) is 7.60. The number of hydrogen-bond acceptors (Lipinski definition) is 4. The minimum atomic E-state index is -0.503. The van der Waals surface area contributed by atoms with Crippen molar-refractivity contribution in [2.45, 2.75) is 26.0 Å². The summed E-state index contributed by atoms with van der Waals surface area (Å²) < 4.78 is 17.0. The lowest BCUT2D eigenvalue weighted by molar-refractivity contribution is 0.188. The molecule has 120 valence electrons. The summed E-state index contributed by atoms with van der Waals surface area (Å²) in [5.41, 5.74) is 2.56. The largest absolute Gasteiger partial charge is 0.493 e. The summed E-state index contributed by atoms with van der Waals surface area (Å²) >= 11 is 0. The van der Waals surface area contributed by atoms with Crippen LogP contribution in [0.2, 0.25) is 0 Å². The maximum absolute atomic E-state index is 6.12. The second-order valence-electron chi connectivity index (χ2n) is 5.94. The molecule has 3 rings (SSSR count). The van der Waals surface area contributed by atoms with Crippen molar-refractivity contribution in [3.8, 4) is 17.2 Å². The fourth-order valence-electron chi connectivity index (χ4n) is 2.84. The number of rotatable bonds is 4. The molecule has 0 unspecified atom stereocenters. The Kier molecular flexibility index (Phi) is 3.99. The molecule has 4 heteroatoms. The van der Waals surface area contributed by atoms with Crippen molar-refractivity contribution < 1.29 is 14.2 Å². The Hall–Kier alpha value is -2.49. The van der Waals surface area contributed by atoms with E-state index in [2.05, 4.69) is 12.1 Å². The molecular weight excluding hydrogens is 290 g/mol. The van der Waals surface area contributed by atoms with Gasteiger partial charge < -0.3 is 14.2 Å². The van der Waals surface area contributed by atoms with Crippen LogP contribution in [0.3, 0.4) is 0 Å². The van der Waals surface area contributed by atoms with E-state index in [1.807, 2.05) is 44.2 Å². The van der Waals surface area contributed by atoms with Crippen molar-refractivity contribution in [3.63, 3.8) is 0 Å². The third-order valence-corrected chi connectivity index (χ3v) is 3.95. The van der Waals surface area contributed by atoms with Gasteiger partial charge in [0.2, 0.25) is 5.75 Å². The summed E-state index contributed by atoms with van der Waals surface area (Å²) in [6, 6.07) is 14.1. The van der Waals surface area contributed by atoms with E-state index in [1.165, 1.54) is 5.56 Å². The van der Waals surface area contributed by atoms with Crippen LogP contribution in [0.15, 0.2) is 47.5 Å². The standard InChI is InChI=1S/C19H21NO3/c1-19(2)18(20-12-13-8-6-5-7-9-13)14-10-11-15(21-3)17(22-4)16(14)23-19/h5-11H,12H2,1-4H3. The van der Waals surface area contributed by atoms with Crippen molar-refractivity contribution in [2.75, 3.05) is 14.2 Å². The van der Waals surface area contributed by atoms with Gasteiger partial charge in [0, 0.05) is 5.56 Å². The van der Waals surface area contributed by atoms with Crippen LogP contribution in [0.5, 0.6) is 17.2 Å². The quantitative estimate of drug-likeness (QED) is 0.860. The van der Waals surface area contributed by atoms with Gasteiger partial charge in [0.05, 0.1) is 26.5 Å². The van der Waals surface area contributed by atoms with Crippen LogP contribution >= 0.6 is 0 Å². The van der Waals surface area contributed by atoms with Crippen LogP contribution in [0, 0.1) is 0 Å². The molecule has 2 aromatic rings. The van der Waals surface area contributed by atoms with E-state index in [-0.39, 0.29) is 0 Å². The van der Waals surface area contributed by atoms with E-state index in [0.717, 1.165) is 11.3 Å². The maximum atomic E-state index is 6.12. The van der Waals surface area contributed by atoms with Gasteiger partial charge in [-0.05, 0) is 31.5 Å². The van der Waals surface area contributed by atoms with Gasteiger partial charge >= 0.3 is 0 Å². The number of hydrogen-bond donors (Lipinski definition) is 0. The van der Waals surface area contributed by atoms with Crippen LogP contribution in [0.4, 0.5) is 0 Å². The number of methoxy groups -OCH3 is 2. The SMILES string of the molecule is COc1ccc2c(c1OC)OC(C)(C)C2=NCc1ccccc1. The molecule has 0 fully saturated rings. The summed E-state index contributed by atoms with van der Waals surface area (Å²) in [5.74, 6) is 1.97. The lowest BCUT2D eigenvalue weighted by atomic mass is 9.98. The van der Waals surface area contributed by atoms with Gasteiger partial charge in [0.1, 0.15) is 5.60 Å². The highest BCUT2D eigenvalue weighted by molar-refractivity contribution is 6.11. The van der Waals surface area contributed by atoms with Crippen molar-refractivity contribution in [1.82, 2.24) is 0 Å². The molecule has 23 heavy (non-hydrogen) atoms. The Morgan fingerprint density at radius 1 is 1.00 bits per heavy atom. The van der Waals surface area contributed by atoms with Crippen molar-refractivity contribution >= 4 is 5.71 Å². The minimum absolute atomic E-state index is 0.503. The summed E-state index contributed by atoms with van der Waals surface area (Å²) in [6.45, 7) is 4.65. The molecule has 0 radical (unpaired) electrons. The highest BCUT2D eigenvalue weighted by Gasteiger charge is 2.40. The van der Waals surface area contributed by atoms with E-state index in [1.54, 1.807) is 14.2 Å². The van der Waals surface area contributed by atoms with Gasteiger partial charge in [-0.3, -0.25) is 4.99 Å². The lowest BCUT2D eigenvalue weighted by Gasteiger charge is -2.19. The number of nitrogens with zero attached hydrogens (tertiary/aromatic N) is 1. The molecule has 0 bridgehead atoms. The summed E-state index contributed by atoms with van der Waals surface area (Å²) in [7, 11) is 3.24. The van der Waals surface area contributed by atoms with Gasteiger partial charge in [0.15, 0.2) is 11.5 Å². The molecule has 1 aliphatic rings. The number of fused-ring (bicyclic) bond motifs is 1. The first-order valence-corrected chi connectivity index (χ1v) is 7.60. The molecule has 0 saturated carbocycles. The first-order chi connectivity index (χ1) is 11.1. The Bertz CT molecular complexity index is 736. The number of benzene rings is 2. The van der Waals surface area contributed by atoms with E-state index >= 15 is 0 Å². The molecular formula is C19H21NO3. The van der Waals surface area contributed by atoms with Gasteiger partial charge in [-0.2, -0.15) is 0 Å². The van der Waals surface area contributed by atoms with Crippen LogP contribution in [0.25, 0.3) is 0 Å². The Balaban J connectivity index is 2.03. The predicted molar refractivity (Wildman–Crippen MR) is 90.9 cm³/mol. The fraction of sp³-hybridized carbons (Fsp3) is 0.316. The van der Waals surface area contributed by atoms with Gasteiger partial charge in [-0.25, -0.2) is 0 Å².